The molecule has 0 aliphatic heterocycles. The van der Waals surface area contributed by atoms with E-state index >= 15 is 0 Å². The maximum Gasteiger partial charge on any atom is 0.333 e. The van der Waals surface area contributed by atoms with Crippen LogP contribution >= 0.6 is 7.60 Å². The van der Waals surface area contributed by atoms with Crippen molar-refractivity contribution in [1.29, 1.82) is 0 Å². The number of quaternary nitrogens is 1. The average molecular weight is 522 g/mol. The Morgan fingerprint density at radius 3 is 1.71 bits per heavy atom. The van der Waals surface area contributed by atoms with Crippen molar-refractivity contribution in [3.8, 4) is 0 Å². The molecule has 7 nitrogen and oxygen atoms in total. The summed E-state index contributed by atoms with van der Waals surface area (Å²) in [6, 6.07) is -0.416. The van der Waals surface area contributed by atoms with Crippen LogP contribution in [0, 0.1) is 0 Å². The number of unbranched alkanes of at least 4 members (excludes halogenated alkanes) is 15. The van der Waals surface area contributed by atoms with Crippen LogP contribution in [-0.4, -0.2) is 63.5 Å². The van der Waals surface area contributed by atoms with Gasteiger partial charge in [0.2, 0.25) is 5.91 Å². The normalized spacial score (nSPS) is 14.2. The summed E-state index contributed by atoms with van der Waals surface area (Å²) in [5.41, 5.74) is 0. The van der Waals surface area contributed by atoms with E-state index in [9.17, 15) is 14.3 Å². The number of carbonyl (C=O) groups excluding carboxylic acids is 1. The second kappa shape index (κ2) is 23.9. The Bertz CT molecular complexity index is 534. The van der Waals surface area contributed by atoms with E-state index in [2.05, 4.69) is 12.2 Å². The first kappa shape index (κ1) is 34.5. The minimum absolute atomic E-state index is 0.0188. The van der Waals surface area contributed by atoms with Crippen LogP contribution < -0.4 is 10.2 Å². The third-order valence-corrected chi connectivity index (χ3v) is 7.58. The molecule has 0 aromatic heterocycles. The second-order valence-electron chi connectivity index (χ2n) is 10.4. The Morgan fingerprint density at radius 2 is 1.29 bits per heavy atom. The molecule has 0 saturated carbocycles. The highest BCUT2D eigenvalue weighted by molar-refractivity contribution is 7.52. The summed E-state index contributed by atoms with van der Waals surface area (Å²) >= 11 is 0. The molecule has 35 heavy (non-hydrogen) atoms. The smallest absolute Gasteiger partial charge is 0.333 e. The summed E-state index contributed by atoms with van der Waals surface area (Å²) in [5.74, 6) is -0.199. The minimum Gasteiger partial charge on any atom is -0.379 e. The van der Waals surface area contributed by atoms with Crippen LogP contribution in [0.25, 0.3) is 0 Å². The van der Waals surface area contributed by atoms with Gasteiger partial charge in [-0.25, -0.2) is 0 Å². The Balaban J connectivity index is 3.62. The van der Waals surface area contributed by atoms with Gasteiger partial charge in [-0.3, -0.25) is 9.36 Å². The molecule has 2 unspecified atom stereocenters. The van der Waals surface area contributed by atoms with E-state index < -0.39 is 13.6 Å². The summed E-state index contributed by atoms with van der Waals surface area (Å²) in [6.07, 6.45) is 21.5. The maximum absolute atomic E-state index is 12.1. The van der Waals surface area contributed by atoms with Gasteiger partial charge in [-0.1, -0.05) is 103 Å². The molecule has 0 rings (SSSR count). The first-order valence-corrected chi connectivity index (χ1v) is 16.1. The number of nitrogens with one attached hydrogen (secondary N) is 2. The van der Waals surface area contributed by atoms with Crippen molar-refractivity contribution < 1.29 is 28.4 Å². The van der Waals surface area contributed by atoms with Crippen LogP contribution in [0.2, 0.25) is 0 Å². The monoisotopic (exact) mass is 521 g/mol. The molecule has 0 heterocycles. The van der Waals surface area contributed by atoms with Crippen LogP contribution in [0.5, 0.6) is 0 Å². The summed E-state index contributed by atoms with van der Waals surface area (Å²) in [5, 5.41) is 2.75. The van der Waals surface area contributed by atoms with Gasteiger partial charge in [0.1, 0.15) is 0 Å². The molecular weight excluding hydrogens is 463 g/mol. The van der Waals surface area contributed by atoms with Gasteiger partial charge in [-0.2, -0.15) is 0 Å². The van der Waals surface area contributed by atoms with E-state index in [4.69, 9.17) is 9.26 Å². The largest absolute Gasteiger partial charge is 0.379 e. The van der Waals surface area contributed by atoms with Gasteiger partial charge in [-0.15, -0.1) is 0 Å². The van der Waals surface area contributed by atoms with E-state index in [1.807, 2.05) is 14.1 Å². The standard InChI is InChI=1S/C27H57N2O5P/c1-5-6-7-8-9-10-11-12-13-14-15-16-17-18-19-20-22-33-24-27(28-26(2)30)25-34-35(31,32)23-21-29(3)4/h27H,5-25H2,1-4H3,(H,28,30)(H,31,32)/p+1. The third-order valence-electron chi connectivity index (χ3n) is 6.24. The van der Waals surface area contributed by atoms with E-state index in [1.165, 1.54) is 96.8 Å². The Morgan fingerprint density at radius 1 is 0.829 bits per heavy atom. The molecule has 0 aliphatic rings. The molecule has 0 fully saturated rings. The highest BCUT2D eigenvalue weighted by atomic mass is 31.2. The highest BCUT2D eigenvalue weighted by Crippen LogP contribution is 2.40. The summed E-state index contributed by atoms with van der Waals surface area (Å²) in [7, 11) is 0.197. The SMILES string of the molecule is CCCCCCCCCCCCCCCCCCOCC(COP(=O)(O)CC[NH+](C)C)NC(C)=O. The van der Waals surface area contributed by atoms with E-state index in [0.29, 0.717) is 13.2 Å². The number of rotatable bonds is 26. The molecule has 1 amide bonds. The van der Waals surface area contributed by atoms with Gasteiger partial charge >= 0.3 is 7.60 Å². The van der Waals surface area contributed by atoms with Gasteiger partial charge in [0, 0.05) is 13.5 Å². The van der Waals surface area contributed by atoms with Crippen molar-refractivity contribution in [3.63, 3.8) is 0 Å². The second-order valence-corrected chi connectivity index (χ2v) is 12.4. The summed E-state index contributed by atoms with van der Waals surface area (Å²) in [4.78, 5) is 22.5. The molecular formula is C27H58N2O5P+. The van der Waals surface area contributed by atoms with Crippen LogP contribution in [-0.2, 0) is 18.6 Å². The predicted octanol–water partition coefficient (Wildman–Crippen LogP) is 5.12. The van der Waals surface area contributed by atoms with Gasteiger partial charge in [0.15, 0.2) is 0 Å². The highest BCUT2D eigenvalue weighted by Gasteiger charge is 2.23. The van der Waals surface area contributed by atoms with Crippen LogP contribution in [0.3, 0.4) is 0 Å². The Kier molecular flexibility index (Phi) is 23.6. The van der Waals surface area contributed by atoms with E-state index in [0.717, 1.165) is 17.7 Å². The zero-order chi connectivity index (χ0) is 26.2. The number of hydrogen-bond donors (Lipinski definition) is 3. The Hall–Kier alpha value is -0.460. The molecule has 210 valence electrons. The van der Waals surface area contributed by atoms with Crippen molar-refractivity contribution in [2.24, 2.45) is 0 Å². The Labute approximate surface area is 216 Å². The van der Waals surface area contributed by atoms with Gasteiger partial charge < -0.3 is 24.4 Å². The zero-order valence-corrected chi connectivity index (χ0v) is 24.3. The third kappa shape index (κ3) is 26.4. The predicted molar refractivity (Wildman–Crippen MR) is 146 cm³/mol. The molecule has 0 bridgehead atoms. The van der Waals surface area contributed by atoms with Crippen molar-refractivity contribution in [1.82, 2.24) is 5.32 Å². The molecule has 8 heteroatoms. The topological polar surface area (TPSA) is 89.3 Å². The van der Waals surface area contributed by atoms with Crippen molar-refractivity contribution >= 4 is 13.5 Å². The van der Waals surface area contributed by atoms with Gasteiger partial charge in [0.25, 0.3) is 0 Å². The molecule has 0 aromatic carbocycles. The number of carbonyl (C=O) groups is 1. The lowest BCUT2D eigenvalue weighted by Crippen LogP contribution is -3.06. The lowest BCUT2D eigenvalue weighted by Gasteiger charge is -2.20. The fourth-order valence-electron chi connectivity index (χ4n) is 4.03. The molecule has 0 spiro atoms. The van der Waals surface area contributed by atoms with E-state index in [1.54, 1.807) is 0 Å². The summed E-state index contributed by atoms with van der Waals surface area (Å²) in [6.45, 7) is 5.15. The van der Waals surface area contributed by atoms with Crippen molar-refractivity contribution in [3.05, 3.63) is 0 Å². The maximum atomic E-state index is 12.1. The van der Waals surface area contributed by atoms with Gasteiger partial charge in [-0.05, 0) is 6.42 Å². The molecule has 0 aliphatic carbocycles. The van der Waals surface area contributed by atoms with Gasteiger partial charge in [0.05, 0.1) is 46.1 Å². The molecule has 3 N–H and O–H groups in total. The van der Waals surface area contributed by atoms with Crippen molar-refractivity contribution in [2.75, 3.05) is 46.6 Å². The summed E-state index contributed by atoms with van der Waals surface area (Å²) < 4.78 is 23.1. The lowest BCUT2D eigenvalue weighted by atomic mass is 10.0. The quantitative estimate of drug-likeness (QED) is 0.109. The number of hydrogen-bond acceptors (Lipinski definition) is 4. The fourth-order valence-corrected chi connectivity index (χ4v) is 5.30. The van der Waals surface area contributed by atoms with Crippen LogP contribution in [0.4, 0.5) is 0 Å². The first-order chi connectivity index (χ1) is 16.8. The molecule has 2 atom stereocenters. The number of ether oxygens (including phenoxy) is 1. The number of amides is 1. The van der Waals surface area contributed by atoms with E-state index in [-0.39, 0.29) is 25.3 Å². The average Bonchev–Trinajstić information content (AvgIpc) is 2.80. The molecule has 0 saturated heterocycles. The minimum atomic E-state index is -3.65. The fraction of sp³-hybridized carbons (Fsp3) is 0.963. The van der Waals surface area contributed by atoms with Crippen molar-refractivity contribution in [2.45, 2.75) is 123 Å². The molecule has 0 aromatic rings. The zero-order valence-electron chi connectivity index (χ0n) is 23.5. The first-order valence-electron chi connectivity index (χ1n) is 14.4. The van der Waals surface area contributed by atoms with Crippen LogP contribution in [0.15, 0.2) is 0 Å². The van der Waals surface area contributed by atoms with Crippen LogP contribution in [0.1, 0.15) is 117 Å². The molecule has 0 radical (unpaired) electrons. The lowest BCUT2D eigenvalue weighted by molar-refractivity contribution is -0.855.